The number of benzene rings is 1. The van der Waals surface area contributed by atoms with Crippen LogP contribution in [0.1, 0.15) is 48.3 Å². The third-order valence-electron chi connectivity index (χ3n) is 6.63. The highest BCUT2D eigenvalue weighted by Crippen LogP contribution is 2.24. The largest absolute Gasteiger partial charge is 0.336 e. The van der Waals surface area contributed by atoms with Crippen molar-refractivity contribution in [1.29, 1.82) is 0 Å². The number of hydrogen-bond donors (Lipinski definition) is 0. The monoisotopic (exact) mass is 403 g/mol. The molecule has 0 radical (unpaired) electrons. The lowest BCUT2D eigenvalue weighted by Gasteiger charge is -2.40. The highest BCUT2D eigenvalue weighted by molar-refractivity contribution is 5.95. The molecule has 0 atom stereocenters. The van der Waals surface area contributed by atoms with Crippen LogP contribution >= 0.6 is 0 Å². The molecule has 1 amide bonds. The molecule has 2 aromatic heterocycles. The predicted molar refractivity (Wildman–Crippen MR) is 118 cm³/mol. The summed E-state index contributed by atoms with van der Waals surface area (Å²) in [5.74, 6) is 0.990. The fraction of sp³-hybridized carbons (Fsp3) is 0.458. The summed E-state index contributed by atoms with van der Waals surface area (Å²) in [5.41, 5.74) is 3.35. The summed E-state index contributed by atoms with van der Waals surface area (Å²) in [5, 5.41) is 0. The van der Waals surface area contributed by atoms with E-state index in [-0.39, 0.29) is 5.91 Å². The number of pyridine rings is 1. The Morgan fingerprint density at radius 1 is 1.00 bits per heavy atom. The number of carbonyl (C=O) groups is 1. The number of hydrogen-bond acceptors (Lipinski definition) is 4. The van der Waals surface area contributed by atoms with Crippen LogP contribution in [-0.4, -0.2) is 62.5 Å². The predicted octanol–water partition coefficient (Wildman–Crippen LogP) is 3.82. The molecule has 156 valence electrons. The van der Waals surface area contributed by atoms with E-state index in [4.69, 9.17) is 0 Å². The quantitative estimate of drug-likeness (QED) is 0.667. The molecule has 1 saturated carbocycles. The van der Waals surface area contributed by atoms with Crippen LogP contribution in [0.2, 0.25) is 0 Å². The van der Waals surface area contributed by atoms with E-state index in [9.17, 15) is 4.79 Å². The molecule has 0 N–H and O–H groups in total. The van der Waals surface area contributed by atoms with Gasteiger partial charge in [0.2, 0.25) is 0 Å². The Hall–Kier alpha value is -2.73. The second-order valence-corrected chi connectivity index (χ2v) is 8.51. The van der Waals surface area contributed by atoms with Crippen molar-refractivity contribution in [3.05, 3.63) is 54.0 Å². The number of imidazole rings is 1. The molecule has 1 aromatic carbocycles. The SMILES string of the molecule is Cc1nc2cccnc2n1-c1cccc(C(=O)N2CCN(C3CCCCC3)CC2)c1. The van der Waals surface area contributed by atoms with Gasteiger partial charge in [-0.25, -0.2) is 9.97 Å². The Labute approximate surface area is 177 Å². The van der Waals surface area contributed by atoms with Crippen molar-refractivity contribution in [2.45, 2.75) is 45.1 Å². The van der Waals surface area contributed by atoms with Gasteiger partial charge in [0, 0.05) is 49.7 Å². The standard InChI is InChI=1S/C24H29N5O/c1-18-26-22-11-6-12-25-23(22)29(18)21-10-5-7-19(17-21)24(30)28-15-13-27(14-16-28)20-8-3-2-4-9-20/h5-7,10-12,17,20H,2-4,8-9,13-16H2,1H3. The van der Waals surface area contributed by atoms with Gasteiger partial charge in [0.05, 0.1) is 0 Å². The normalized spacial score (nSPS) is 18.8. The van der Waals surface area contributed by atoms with E-state index in [1.165, 1.54) is 32.1 Å². The number of rotatable bonds is 3. The van der Waals surface area contributed by atoms with Crippen LogP contribution < -0.4 is 0 Å². The molecule has 1 aliphatic carbocycles. The molecule has 0 unspecified atom stereocenters. The van der Waals surface area contributed by atoms with Crippen molar-refractivity contribution < 1.29 is 4.79 Å². The summed E-state index contributed by atoms with van der Waals surface area (Å²) in [6.45, 7) is 5.58. The molecule has 6 heteroatoms. The van der Waals surface area contributed by atoms with Crippen molar-refractivity contribution in [3.8, 4) is 5.69 Å². The highest BCUT2D eigenvalue weighted by Gasteiger charge is 2.27. The van der Waals surface area contributed by atoms with E-state index in [2.05, 4.69) is 14.9 Å². The van der Waals surface area contributed by atoms with Gasteiger partial charge in [-0.15, -0.1) is 0 Å². The number of fused-ring (bicyclic) bond motifs is 1. The number of aromatic nitrogens is 3. The van der Waals surface area contributed by atoms with Crippen LogP contribution in [0.25, 0.3) is 16.9 Å². The van der Waals surface area contributed by atoms with Crippen LogP contribution in [0.15, 0.2) is 42.6 Å². The van der Waals surface area contributed by atoms with Crippen LogP contribution in [0.5, 0.6) is 0 Å². The molecule has 1 saturated heterocycles. The minimum Gasteiger partial charge on any atom is -0.336 e. The zero-order valence-electron chi connectivity index (χ0n) is 17.6. The van der Waals surface area contributed by atoms with Gasteiger partial charge in [-0.3, -0.25) is 14.3 Å². The number of nitrogens with zero attached hydrogens (tertiary/aromatic N) is 5. The number of aryl methyl sites for hydroxylation is 1. The molecule has 5 rings (SSSR count). The second-order valence-electron chi connectivity index (χ2n) is 8.51. The van der Waals surface area contributed by atoms with Gasteiger partial charge >= 0.3 is 0 Å². The Kier molecular flexibility index (Phi) is 5.25. The smallest absolute Gasteiger partial charge is 0.254 e. The molecular weight excluding hydrogens is 374 g/mol. The summed E-state index contributed by atoms with van der Waals surface area (Å²) in [7, 11) is 0. The molecule has 1 aliphatic heterocycles. The van der Waals surface area contributed by atoms with Gasteiger partial charge in [-0.05, 0) is 50.1 Å². The Morgan fingerprint density at radius 2 is 1.80 bits per heavy atom. The maximum atomic E-state index is 13.2. The number of carbonyl (C=O) groups excluding carboxylic acids is 1. The lowest BCUT2D eigenvalue weighted by atomic mass is 9.94. The molecule has 6 nitrogen and oxygen atoms in total. The summed E-state index contributed by atoms with van der Waals surface area (Å²) >= 11 is 0. The molecular formula is C24H29N5O. The minimum atomic E-state index is 0.121. The van der Waals surface area contributed by atoms with E-state index in [1.54, 1.807) is 6.20 Å². The fourth-order valence-electron chi connectivity index (χ4n) is 5.03. The Morgan fingerprint density at radius 3 is 2.60 bits per heavy atom. The van der Waals surface area contributed by atoms with Crippen molar-refractivity contribution in [2.24, 2.45) is 0 Å². The van der Waals surface area contributed by atoms with Crippen LogP contribution in [0.4, 0.5) is 0 Å². The summed E-state index contributed by atoms with van der Waals surface area (Å²) in [4.78, 5) is 26.9. The van der Waals surface area contributed by atoms with Crippen LogP contribution in [0, 0.1) is 6.92 Å². The van der Waals surface area contributed by atoms with E-state index in [1.807, 2.05) is 52.8 Å². The fourth-order valence-corrected chi connectivity index (χ4v) is 5.03. The summed E-state index contributed by atoms with van der Waals surface area (Å²) < 4.78 is 2.02. The number of amides is 1. The van der Waals surface area contributed by atoms with E-state index >= 15 is 0 Å². The van der Waals surface area contributed by atoms with Crippen molar-refractivity contribution >= 4 is 17.1 Å². The zero-order chi connectivity index (χ0) is 20.5. The van der Waals surface area contributed by atoms with Gasteiger partial charge in [0.15, 0.2) is 5.65 Å². The minimum absolute atomic E-state index is 0.121. The Balaban J connectivity index is 1.33. The maximum absolute atomic E-state index is 13.2. The molecule has 30 heavy (non-hydrogen) atoms. The second kappa shape index (κ2) is 8.19. The van der Waals surface area contributed by atoms with Gasteiger partial charge in [0.1, 0.15) is 11.3 Å². The molecule has 2 aliphatic rings. The first-order valence-electron chi connectivity index (χ1n) is 11.1. The lowest BCUT2D eigenvalue weighted by molar-refractivity contribution is 0.0523. The summed E-state index contributed by atoms with van der Waals surface area (Å²) in [6, 6.07) is 12.4. The van der Waals surface area contributed by atoms with Gasteiger partial charge in [-0.2, -0.15) is 0 Å². The third kappa shape index (κ3) is 3.60. The van der Waals surface area contributed by atoms with Gasteiger partial charge < -0.3 is 4.90 Å². The first kappa shape index (κ1) is 19.2. The van der Waals surface area contributed by atoms with Crippen molar-refractivity contribution in [3.63, 3.8) is 0 Å². The molecule has 3 aromatic rings. The van der Waals surface area contributed by atoms with Crippen molar-refractivity contribution in [2.75, 3.05) is 26.2 Å². The van der Waals surface area contributed by atoms with Gasteiger partial charge in [-0.1, -0.05) is 25.3 Å². The zero-order valence-corrected chi connectivity index (χ0v) is 17.6. The molecule has 3 heterocycles. The van der Waals surface area contributed by atoms with E-state index < -0.39 is 0 Å². The third-order valence-corrected chi connectivity index (χ3v) is 6.63. The first-order chi connectivity index (χ1) is 14.7. The molecule has 0 bridgehead atoms. The van der Waals surface area contributed by atoms with Crippen LogP contribution in [0.3, 0.4) is 0 Å². The van der Waals surface area contributed by atoms with E-state index in [0.717, 1.165) is 60.5 Å². The average molecular weight is 404 g/mol. The first-order valence-corrected chi connectivity index (χ1v) is 11.1. The highest BCUT2D eigenvalue weighted by atomic mass is 16.2. The Bertz CT molecular complexity index is 1040. The van der Waals surface area contributed by atoms with Crippen LogP contribution in [-0.2, 0) is 0 Å². The summed E-state index contributed by atoms with van der Waals surface area (Å²) in [6.07, 6.45) is 8.51. The van der Waals surface area contributed by atoms with Crippen molar-refractivity contribution in [1.82, 2.24) is 24.3 Å². The molecule has 2 fully saturated rings. The van der Waals surface area contributed by atoms with Gasteiger partial charge in [0.25, 0.3) is 5.91 Å². The topological polar surface area (TPSA) is 54.3 Å². The lowest BCUT2D eigenvalue weighted by Crippen LogP contribution is -2.52. The number of piperazine rings is 1. The average Bonchev–Trinajstić information content (AvgIpc) is 3.15. The van der Waals surface area contributed by atoms with E-state index in [0.29, 0.717) is 0 Å². The maximum Gasteiger partial charge on any atom is 0.254 e. The molecule has 0 spiro atoms.